The second-order valence-corrected chi connectivity index (χ2v) is 3.17. The third-order valence-electron chi connectivity index (χ3n) is 2.49. The van der Waals surface area contributed by atoms with Crippen molar-refractivity contribution in [3.63, 3.8) is 0 Å². The van der Waals surface area contributed by atoms with E-state index in [1.807, 2.05) is 0 Å². The molecule has 0 aromatic carbocycles. The average molecular weight is 197 g/mol. The van der Waals surface area contributed by atoms with Crippen molar-refractivity contribution >= 4 is 5.91 Å². The molecule has 78 valence electrons. The first-order chi connectivity index (χ1) is 6.67. The predicted octanol–water partition coefficient (Wildman–Crippen LogP) is 0.198. The van der Waals surface area contributed by atoms with E-state index in [1.54, 1.807) is 25.1 Å². The number of amides is 1. The number of likely N-dealkylation sites (N-methyl/N-ethyl adjacent to an activating group) is 1. The molecule has 0 saturated carbocycles. The van der Waals surface area contributed by atoms with Gasteiger partial charge in [0.15, 0.2) is 6.10 Å². The molecule has 2 unspecified atom stereocenters. The average Bonchev–Trinajstić information content (AvgIpc) is 2.42. The van der Waals surface area contributed by atoms with Crippen LogP contribution in [0.4, 0.5) is 0 Å². The number of likely N-dealkylation sites (tertiary alicyclic amines) is 1. The lowest BCUT2D eigenvalue weighted by Crippen LogP contribution is -2.34. The Bertz CT molecular complexity index is 271. The van der Waals surface area contributed by atoms with Gasteiger partial charge in [-0.25, -0.2) is 0 Å². The molecule has 4 nitrogen and oxygen atoms in total. The van der Waals surface area contributed by atoms with E-state index in [9.17, 15) is 4.79 Å². The van der Waals surface area contributed by atoms with Crippen molar-refractivity contribution in [2.75, 3.05) is 21.3 Å². The van der Waals surface area contributed by atoms with E-state index in [0.29, 0.717) is 0 Å². The molecule has 0 aromatic heterocycles. The van der Waals surface area contributed by atoms with Crippen molar-refractivity contribution in [1.29, 1.82) is 0 Å². The first kappa shape index (κ1) is 11.0. The summed E-state index contributed by atoms with van der Waals surface area (Å²) in [6.07, 6.45) is 0.900. The van der Waals surface area contributed by atoms with E-state index in [-0.39, 0.29) is 18.1 Å². The quantitative estimate of drug-likeness (QED) is 0.607. The predicted molar refractivity (Wildman–Crippen MR) is 51.9 cm³/mol. The van der Waals surface area contributed by atoms with Gasteiger partial charge in [-0.3, -0.25) is 4.79 Å². The van der Waals surface area contributed by atoms with Gasteiger partial charge in [-0.2, -0.15) is 0 Å². The van der Waals surface area contributed by atoms with Gasteiger partial charge in [0, 0.05) is 21.3 Å². The van der Waals surface area contributed by atoms with E-state index in [0.717, 1.165) is 0 Å². The second-order valence-electron chi connectivity index (χ2n) is 3.17. The number of hydrogen-bond donors (Lipinski definition) is 0. The number of hydrogen-bond acceptors (Lipinski definition) is 3. The summed E-state index contributed by atoms with van der Waals surface area (Å²) in [5, 5.41) is 0. The Morgan fingerprint density at radius 2 is 2.14 bits per heavy atom. The Hall–Kier alpha value is -1.09. The molecule has 0 bridgehead atoms. The number of carbonyl (C=O) groups excluding carboxylic acids is 1. The highest BCUT2D eigenvalue weighted by atomic mass is 16.5. The topological polar surface area (TPSA) is 38.8 Å². The van der Waals surface area contributed by atoms with Gasteiger partial charge < -0.3 is 14.4 Å². The summed E-state index contributed by atoms with van der Waals surface area (Å²) < 4.78 is 10.3. The van der Waals surface area contributed by atoms with Gasteiger partial charge in [-0.05, 0) is 6.08 Å². The Labute approximate surface area is 83.8 Å². The van der Waals surface area contributed by atoms with Crippen molar-refractivity contribution < 1.29 is 14.3 Å². The summed E-state index contributed by atoms with van der Waals surface area (Å²) in [4.78, 5) is 13.2. The summed E-state index contributed by atoms with van der Waals surface area (Å²) >= 11 is 0. The van der Waals surface area contributed by atoms with Gasteiger partial charge in [0.1, 0.15) is 6.10 Å². The SMILES string of the molecule is C=C=C[C@H]1C(OC)C(OC)C(=O)N1C. The van der Waals surface area contributed by atoms with Gasteiger partial charge >= 0.3 is 0 Å². The number of methoxy groups -OCH3 is 2. The smallest absolute Gasteiger partial charge is 0.254 e. The molecule has 1 aliphatic heterocycles. The summed E-state index contributed by atoms with van der Waals surface area (Å²) in [5.41, 5.74) is 2.67. The molecular weight excluding hydrogens is 182 g/mol. The zero-order valence-corrected chi connectivity index (χ0v) is 8.69. The monoisotopic (exact) mass is 197 g/mol. The number of carbonyl (C=O) groups is 1. The van der Waals surface area contributed by atoms with Crippen LogP contribution in [0.3, 0.4) is 0 Å². The molecule has 0 N–H and O–H groups in total. The van der Waals surface area contributed by atoms with E-state index in [4.69, 9.17) is 9.47 Å². The molecule has 1 saturated heterocycles. The normalized spacial score (nSPS) is 31.8. The lowest BCUT2D eigenvalue weighted by molar-refractivity contribution is -0.137. The van der Waals surface area contributed by atoms with E-state index >= 15 is 0 Å². The standard InChI is InChI=1S/C10H15NO3/c1-5-6-7-8(13-3)9(14-4)10(12)11(7)2/h6-9H,1H2,2-4H3/t7-,8?,9?/m0/s1. The number of rotatable bonds is 3. The molecule has 1 heterocycles. The van der Waals surface area contributed by atoms with E-state index < -0.39 is 6.10 Å². The van der Waals surface area contributed by atoms with Crippen LogP contribution in [0.1, 0.15) is 0 Å². The van der Waals surface area contributed by atoms with E-state index in [2.05, 4.69) is 12.3 Å². The van der Waals surface area contributed by atoms with E-state index in [1.165, 1.54) is 7.11 Å². The lowest BCUT2D eigenvalue weighted by Gasteiger charge is -2.19. The Morgan fingerprint density at radius 1 is 1.50 bits per heavy atom. The van der Waals surface area contributed by atoms with Crippen LogP contribution in [-0.4, -0.2) is 50.3 Å². The van der Waals surface area contributed by atoms with Crippen LogP contribution in [0.25, 0.3) is 0 Å². The summed E-state index contributed by atoms with van der Waals surface area (Å²) in [6.45, 7) is 3.49. The minimum absolute atomic E-state index is 0.0733. The fourth-order valence-electron chi connectivity index (χ4n) is 1.71. The van der Waals surface area contributed by atoms with Gasteiger partial charge in [-0.15, -0.1) is 5.73 Å². The Balaban J connectivity index is 2.95. The molecule has 1 aliphatic rings. The molecule has 14 heavy (non-hydrogen) atoms. The van der Waals surface area contributed by atoms with Crippen LogP contribution >= 0.6 is 0 Å². The maximum Gasteiger partial charge on any atom is 0.254 e. The zero-order valence-electron chi connectivity index (χ0n) is 8.69. The van der Waals surface area contributed by atoms with Crippen molar-refractivity contribution in [1.82, 2.24) is 4.90 Å². The maximum absolute atomic E-state index is 11.6. The molecular formula is C10H15NO3. The molecule has 0 aromatic rings. The third-order valence-corrected chi connectivity index (χ3v) is 2.49. The van der Waals surface area contributed by atoms with Crippen molar-refractivity contribution in [2.24, 2.45) is 0 Å². The van der Waals surface area contributed by atoms with Crippen molar-refractivity contribution in [2.45, 2.75) is 18.2 Å². The molecule has 1 amide bonds. The first-order valence-electron chi connectivity index (χ1n) is 4.35. The second kappa shape index (κ2) is 4.42. The number of nitrogens with zero attached hydrogens (tertiary/aromatic N) is 1. The van der Waals surface area contributed by atoms with Crippen LogP contribution in [0.2, 0.25) is 0 Å². The molecule has 1 fully saturated rings. The van der Waals surface area contributed by atoms with Gasteiger partial charge in [0.05, 0.1) is 6.04 Å². The van der Waals surface area contributed by atoms with Crippen LogP contribution in [0, 0.1) is 0 Å². The van der Waals surface area contributed by atoms with Gasteiger partial charge in [-0.1, -0.05) is 6.58 Å². The van der Waals surface area contributed by atoms with Gasteiger partial charge in [0.25, 0.3) is 5.91 Å². The molecule has 4 heteroatoms. The van der Waals surface area contributed by atoms with Crippen LogP contribution < -0.4 is 0 Å². The summed E-state index contributed by atoms with van der Waals surface area (Å²) in [6, 6.07) is -0.144. The van der Waals surface area contributed by atoms with Gasteiger partial charge in [0.2, 0.25) is 0 Å². The molecule has 0 spiro atoms. The highest BCUT2D eigenvalue weighted by Gasteiger charge is 2.45. The zero-order chi connectivity index (χ0) is 10.7. The lowest BCUT2D eigenvalue weighted by atomic mass is 10.1. The minimum Gasteiger partial charge on any atom is -0.376 e. The highest BCUT2D eigenvalue weighted by Crippen LogP contribution is 2.23. The van der Waals surface area contributed by atoms with Crippen LogP contribution in [0.15, 0.2) is 18.4 Å². The third kappa shape index (κ3) is 1.60. The van der Waals surface area contributed by atoms with Crippen molar-refractivity contribution in [3.8, 4) is 0 Å². The summed E-state index contributed by atoms with van der Waals surface area (Å²) in [7, 11) is 4.78. The Morgan fingerprint density at radius 3 is 2.57 bits per heavy atom. The van der Waals surface area contributed by atoms with Crippen LogP contribution in [0.5, 0.6) is 0 Å². The summed E-state index contributed by atoms with van der Waals surface area (Å²) in [5.74, 6) is -0.0733. The fourth-order valence-corrected chi connectivity index (χ4v) is 1.71. The molecule has 3 atom stereocenters. The first-order valence-corrected chi connectivity index (χ1v) is 4.35. The highest BCUT2D eigenvalue weighted by molar-refractivity contribution is 5.85. The van der Waals surface area contributed by atoms with Crippen LogP contribution in [-0.2, 0) is 14.3 Å². The minimum atomic E-state index is -0.528. The number of ether oxygens (including phenoxy) is 2. The Kier molecular flexibility index (Phi) is 3.47. The largest absolute Gasteiger partial charge is 0.376 e. The molecule has 0 radical (unpaired) electrons. The van der Waals surface area contributed by atoms with Crippen molar-refractivity contribution in [3.05, 3.63) is 18.4 Å². The molecule has 1 rings (SSSR count). The maximum atomic E-state index is 11.6. The molecule has 0 aliphatic carbocycles. The fraction of sp³-hybridized carbons (Fsp3) is 0.600.